The van der Waals surface area contributed by atoms with Crippen LogP contribution in [0.15, 0.2) is 71.9 Å². The zero-order chi connectivity index (χ0) is 13.2. The van der Waals surface area contributed by atoms with Gasteiger partial charge in [-0.15, -0.1) is 6.58 Å². The minimum Gasteiger partial charge on any atom is -0.361 e. The summed E-state index contributed by atoms with van der Waals surface area (Å²) in [6, 6.07) is 16.7. The lowest BCUT2D eigenvalue weighted by atomic mass is 9.91. The number of aromatic amines is 1. The molecule has 0 saturated heterocycles. The Labute approximate surface area is 121 Å². The van der Waals surface area contributed by atoms with Crippen LogP contribution in [0.5, 0.6) is 0 Å². The maximum atomic E-state index is 4.00. The minimum absolute atomic E-state index is 0.212. The third-order valence-electron chi connectivity index (χ3n) is 3.41. The summed E-state index contributed by atoms with van der Waals surface area (Å²) >= 11 is 3.54. The summed E-state index contributed by atoms with van der Waals surface area (Å²) in [4.78, 5) is 3.33. The number of rotatable bonds is 3. The molecule has 1 nitrogen and oxygen atoms in total. The van der Waals surface area contributed by atoms with Gasteiger partial charge in [0.15, 0.2) is 0 Å². The molecule has 1 atom stereocenters. The van der Waals surface area contributed by atoms with Gasteiger partial charge in [-0.3, -0.25) is 0 Å². The van der Waals surface area contributed by atoms with Crippen molar-refractivity contribution in [2.75, 3.05) is 0 Å². The smallest absolute Gasteiger partial charge is 0.0457 e. The summed E-state index contributed by atoms with van der Waals surface area (Å²) in [6.07, 6.45) is 4.08. The Morgan fingerprint density at radius 1 is 1.11 bits per heavy atom. The molecule has 0 amide bonds. The zero-order valence-corrected chi connectivity index (χ0v) is 12.0. The van der Waals surface area contributed by atoms with Crippen LogP contribution in [-0.2, 0) is 0 Å². The summed E-state index contributed by atoms with van der Waals surface area (Å²) in [5.41, 5.74) is 3.68. The molecule has 0 bridgehead atoms. The fraction of sp³-hybridized carbons (Fsp3) is 0.0588. The van der Waals surface area contributed by atoms with Crippen molar-refractivity contribution in [3.05, 3.63) is 83.0 Å². The minimum atomic E-state index is 0.212. The Hall–Kier alpha value is -1.80. The Kier molecular flexibility index (Phi) is 3.26. The molecule has 0 spiro atoms. The van der Waals surface area contributed by atoms with Gasteiger partial charge in [-0.05, 0) is 29.3 Å². The number of halogens is 1. The molecule has 0 aliphatic rings. The fourth-order valence-electron chi connectivity index (χ4n) is 2.47. The summed E-state index contributed by atoms with van der Waals surface area (Å²) in [5.74, 6) is 0.212. The van der Waals surface area contributed by atoms with E-state index >= 15 is 0 Å². The molecule has 1 heterocycles. The molecule has 0 fully saturated rings. The Morgan fingerprint density at radius 3 is 2.63 bits per heavy atom. The SMILES string of the molecule is C=CC(c1ccccc1)c1c[nH]c2ccc(Br)cc12. The first-order valence-electron chi connectivity index (χ1n) is 6.23. The molecule has 1 aromatic heterocycles. The lowest BCUT2D eigenvalue weighted by Crippen LogP contribution is -1.95. The van der Waals surface area contributed by atoms with Gasteiger partial charge in [-0.1, -0.05) is 52.3 Å². The number of benzene rings is 2. The van der Waals surface area contributed by atoms with Crippen molar-refractivity contribution < 1.29 is 0 Å². The van der Waals surface area contributed by atoms with Gasteiger partial charge < -0.3 is 4.98 Å². The van der Waals surface area contributed by atoms with E-state index in [9.17, 15) is 0 Å². The molecule has 1 N–H and O–H groups in total. The maximum absolute atomic E-state index is 4.00. The summed E-state index contributed by atoms with van der Waals surface area (Å²) in [5, 5.41) is 1.24. The number of H-pyrrole nitrogens is 1. The van der Waals surface area contributed by atoms with E-state index in [0.717, 1.165) is 9.99 Å². The van der Waals surface area contributed by atoms with Crippen LogP contribution in [0.2, 0.25) is 0 Å². The maximum Gasteiger partial charge on any atom is 0.0457 e. The predicted octanol–water partition coefficient (Wildman–Crippen LogP) is 5.25. The lowest BCUT2D eigenvalue weighted by molar-refractivity contribution is 1.04. The first-order valence-corrected chi connectivity index (χ1v) is 7.03. The van der Waals surface area contributed by atoms with E-state index in [1.807, 2.05) is 18.2 Å². The molecule has 19 heavy (non-hydrogen) atoms. The molecule has 1 unspecified atom stereocenters. The second kappa shape index (κ2) is 5.06. The van der Waals surface area contributed by atoms with Crippen LogP contribution in [0, 0.1) is 0 Å². The Morgan fingerprint density at radius 2 is 1.89 bits per heavy atom. The first kappa shape index (κ1) is 12.2. The molecule has 94 valence electrons. The van der Waals surface area contributed by atoms with Crippen LogP contribution in [0.3, 0.4) is 0 Å². The van der Waals surface area contributed by atoms with Crippen molar-refractivity contribution in [2.45, 2.75) is 5.92 Å². The summed E-state index contributed by atoms with van der Waals surface area (Å²) in [7, 11) is 0. The second-order valence-electron chi connectivity index (χ2n) is 4.56. The second-order valence-corrected chi connectivity index (χ2v) is 5.47. The van der Waals surface area contributed by atoms with E-state index in [1.54, 1.807) is 0 Å². The Bertz CT molecular complexity index is 712. The molecule has 0 aliphatic carbocycles. The van der Waals surface area contributed by atoms with Crippen LogP contribution < -0.4 is 0 Å². The summed E-state index contributed by atoms with van der Waals surface area (Å²) in [6.45, 7) is 4.00. The van der Waals surface area contributed by atoms with E-state index in [4.69, 9.17) is 0 Å². The quantitative estimate of drug-likeness (QED) is 0.636. The van der Waals surface area contributed by atoms with Crippen molar-refractivity contribution in [2.24, 2.45) is 0 Å². The number of aromatic nitrogens is 1. The van der Waals surface area contributed by atoms with Gasteiger partial charge in [0, 0.05) is 27.5 Å². The highest BCUT2D eigenvalue weighted by molar-refractivity contribution is 9.10. The van der Waals surface area contributed by atoms with E-state index in [2.05, 4.69) is 70.1 Å². The molecular weight excluding hydrogens is 298 g/mol. The third kappa shape index (κ3) is 2.24. The van der Waals surface area contributed by atoms with E-state index in [1.165, 1.54) is 16.5 Å². The highest BCUT2D eigenvalue weighted by Crippen LogP contribution is 2.32. The van der Waals surface area contributed by atoms with Gasteiger partial charge >= 0.3 is 0 Å². The van der Waals surface area contributed by atoms with E-state index in [0.29, 0.717) is 0 Å². The van der Waals surface area contributed by atoms with Gasteiger partial charge in [0.2, 0.25) is 0 Å². The number of nitrogens with one attached hydrogen (secondary N) is 1. The lowest BCUT2D eigenvalue weighted by Gasteiger charge is -2.12. The van der Waals surface area contributed by atoms with Crippen LogP contribution in [0.4, 0.5) is 0 Å². The molecule has 0 radical (unpaired) electrons. The van der Waals surface area contributed by atoms with Gasteiger partial charge in [0.1, 0.15) is 0 Å². The largest absolute Gasteiger partial charge is 0.361 e. The van der Waals surface area contributed by atoms with Crippen molar-refractivity contribution in [1.29, 1.82) is 0 Å². The van der Waals surface area contributed by atoms with Crippen LogP contribution in [-0.4, -0.2) is 4.98 Å². The highest BCUT2D eigenvalue weighted by Gasteiger charge is 2.14. The molecule has 2 aromatic carbocycles. The van der Waals surface area contributed by atoms with Crippen molar-refractivity contribution >= 4 is 26.8 Å². The third-order valence-corrected chi connectivity index (χ3v) is 3.90. The monoisotopic (exact) mass is 311 g/mol. The van der Waals surface area contributed by atoms with Crippen molar-refractivity contribution in [1.82, 2.24) is 4.98 Å². The molecular formula is C17H14BrN. The standard InChI is InChI=1S/C17H14BrN/c1-2-14(12-6-4-3-5-7-12)16-11-19-17-9-8-13(18)10-15(16)17/h2-11,14,19H,1H2. The molecule has 0 saturated carbocycles. The van der Waals surface area contributed by atoms with Gasteiger partial charge in [0.05, 0.1) is 0 Å². The number of fused-ring (bicyclic) bond motifs is 1. The number of hydrogen-bond donors (Lipinski definition) is 1. The predicted molar refractivity (Wildman–Crippen MR) is 84.5 cm³/mol. The topological polar surface area (TPSA) is 15.8 Å². The first-order chi connectivity index (χ1) is 9.29. The highest BCUT2D eigenvalue weighted by atomic mass is 79.9. The number of hydrogen-bond acceptors (Lipinski definition) is 0. The zero-order valence-electron chi connectivity index (χ0n) is 10.4. The Balaban J connectivity index is 2.17. The van der Waals surface area contributed by atoms with Crippen LogP contribution >= 0.6 is 15.9 Å². The van der Waals surface area contributed by atoms with Gasteiger partial charge in [-0.2, -0.15) is 0 Å². The molecule has 0 aliphatic heterocycles. The molecule has 3 aromatic rings. The molecule has 3 rings (SSSR count). The van der Waals surface area contributed by atoms with Gasteiger partial charge in [0.25, 0.3) is 0 Å². The van der Waals surface area contributed by atoms with E-state index in [-0.39, 0.29) is 5.92 Å². The van der Waals surface area contributed by atoms with Crippen molar-refractivity contribution in [3.8, 4) is 0 Å². The van der Waals surface area contributed by atoms with Gasteiger partial charge in [-0.25, -0.2) is 0 Å². The summed E-state index contributed by atoms with van der Waals surface area (Å²) < 4.78 is 1.09. The normalized spacial score (nSPS) is 12.5. The van der Waals surface area contributed by atoms with Crippen LogP contribution in [0.1, 0.15) is 17.0 Å². The fourth-order valence-corrected chi connectivity index (χ4v) is 2.84. The van der Waals surface area contributed by atoms with E-state index < -0.39 is 0 Å². The molecule has 2 heteroatoms. The average Bonchev–Trinajstić information content (AvgIpc) is 2.84. The van der Waals surface area contributed by atoms with Crippen molar-refractivity contribution in [3.63, 3.8) is 0 Å². The number of allylic oxidation sites excluding steroid dienone is 1. The average molecular weight is 312 g/mol. The van der Waals surface area contributed by atoms with Crippen LogP contribution in [0.25, 0.3) is 10.9 Å².